The summed E-state index contributed by atoms with van der Waals surface area (Å²) in [6.45, 7) is 1.15. The molecule has 1 aliphatic rings. The van der Waals surface area contributed by atoms with Crippen LogP contribution in [0.4, 0.5) is 0 Å². The Morgan fingerprint density at radius 1 is 1.57 bits per heavy atom. The van der Waals surface area contributed by atoms with Crippen molar-refractivity contribution in [2.45, 2.75) is 25.3 Å². The lowest BCUT2D eigenvalue weighted by Gasteiger charge is -2.02. The minimum Gasteiger partial charge on any atom is -0.313 e. The number of rotatable bonds is 1. The molecule has 2 heterocycles. The van der Waals surface area contributed by atoms with E-state index in [4.69, 9.17) is 0 Å². The van der Waals surface area contributed by atoms with E-state index in [0.29, 0.717) is 6.04 Å². The average Bonchev–Trinajstić information content (AvgIpc) is 2.72. The molecule has 1 aromatic rings. The van der Waals surface area contributed by atoms with Gasteiger partial charge in [-0.05, 0) is 31.5 Å². The highest BCUT2D eigenvalue weighted by Gasteiger charge is 2.11. The number of aromatic nitrogens is 1. The van der Waals surface area contributed by atoms with Crippen molar-refractivity contribution in [2.75, 3.05) is 6.54 Å². The van der Waals surface area contributed by atoms with Crippen molar-refractivity contribution in [3.8, 4) is 11.8 Å². The third kappa shape index (κ3) is 2.58. The zero-order chi connectivity index (χ0) is 9.64. The number of nitrogens with one attached hydrogen (secondary N) is 1. The lowest BCUT2D eigenvalue weighted by molar-refractivity contribution is 0.623. The highest BCUT2D eigenvalue weighted by atomic mass is 14.9. The van der Waals surface area contributed by atoms with E-state index in [9.17, 15) is 0 Å². The Morgan fingerprint density at radius 2 is 2.57 bits per heavy atom. The largest absolute Gasteiger partial charge is 0.313 e. The maximum Gasteiger partial charge on any atom is 0.0428 e. The summed E-state index contributed by atoms with van der Waals surface area (Å²) in [6, 6.07) is 4.51. The third-order valence-corrected chi connectivity index (χ3v) is 2.41. The zero-order valence-corrected chi connectivity index (χ0v) is 8.16. The summed E-state index contributed by atoms with van der Waals surface area (Å²) in [5, 5.41) is 3.42. The fourth-order valence-electron chi connectivity index (χ4n) is 1.64. The molecule has 0 spiro atoms. The molecule has 1 N–H and O–H groups in total. The second-order valence-corrected chi connectivity index (χ2v) is 3.54. The van der Waals surface area contributed by atoms with Gasteiger partial charge >= 0.3 is 0 Å². The Kier molecular flexibility index (Phi) is 3.15. The van der Waals surface area contributed by atoms with E-state index in [1.165, 1.54) is 12.8 Å². The zero-order valence-electron chi connectivity index (χ0n) is 8.16. The van der Waals surface area contributed by atoms with Gasteiger partial charge in [-0.1, -0.05) is 11.8 Å². The molecule has 2 nitrogen and oxygen atoms in total. The van der Waals surface area contributed by atoms with E-state index in [0.717, 1.165) is 18.5 Å². The Morgan fingerprint density at radius 3 is 3.29 bits per heavy atom. The smallest absolute Gasteiger partial charge is 0.0428 e. The van der Waals surface area contributed by atoms with Gasteiger partial charge in [0.1, 0.15) is 0 Å². The summed E-state index contributed by atoms with van der Waals surface area (Å²) in [7, 11) is 0. The summed E-state index contributed by atoms with van der Waals surface area (Å²) in [5.74, 6) is 6.31. The van der Waals surface area contributed by atoms with Gasteiger partial charge in [-0.3, -0.25) is 4.98 Å². The van der Waals surface area contributed by atoms with Crippen LogP contribution in [0.15, 0.2) is 24.5 Å². The molecule has 2 heteroatoms. The number of hydrogen-bond donors (Lipinski definition) is 1. The van der Waals surface area contributed by atoms with E-state index in [1.54, 1.807) is 12.4 Å². The van der Waals surface area contributed by atoms with Crippen LogP contribution < -0.4 is 5.32 Å². The Balaban J connectivity index is 1.87. The quantitative estimate of drug-likeness (QED) is 0.673. The monoisotopic (exact) mass is 186 g/mol. The molecular weight excluding hydrogens is 172 g/mol. The summed E-state index contributed by atoms with van der Waals surface area (Å²) in [4.78, 5) is 4.02. The summed E-state index contributed by atoms with van der Waals surface area (Å²) < 4.78 is 0. The van der Waals surface area contributed by atoms with Crippen molar-refractivity contribution in [1.82, 2.24) is 10.3 Å². The van der Waals surface area contributed by atoms with Crippen molar-refractivity contribution in [2.24, 2.45) is 0 Å². The van der Waals surface area contributed by atoms with Crippen LogP contribution in [0, 0.1) is 11.8 Å². The molecule has 0 aliphatic carbocycles. The molecule has 2 rings (SSSR count). The third-order valence-electron chi connectivity index (χ3n) is 2.41. The summed E-state index contributed by atoms with van der Waals surface area (Å²) in [6.07, 6.45) is 7.08. The van der Waals surface area contributed by atoms with Crippen LogP contribution in [0.25, 0.3) is 0 Å². The summed E-state index contributed by atoms with van der Waals surface area (Å²) in [5.41, 5.74) is 1.01. The number of hydrogen-bond acceptors (Lipinski definition) is 2. The Bertz CT molecular complexity index is 328. The Hall–Kier alpha value is -1.33. The molecule has 0 amide bonds. The average molecular weight is 186 g/mol. The molecular formula is C12H14N2. The predicted octanol–water partition coefficient (Wildman–Crippen LogP) is 1.58. The first-order valence-electron chi connectivity index (χ1n) is 5.07. The van der Waals surface area contributed by atoms with Gasteiger partial charge in [0.15, 0.2) is 0 Å². The highest BCUT2D eigenvalue weighted by molar-refractivity contribution is 5.31. The first-order valence-corrected chi connectivity index (χ1v) is 5.07. The molecule has 0 bridgehead atoms. The fraction of sp³-hybridized carbons (Fsp3) is 0.417. The molecule has 1 aromatic heterocycles. The minimum atomic E-state index is 0.610. The van der Waals surface area contributed by atoms with Crippen molar-refractivity contribution < 1.29 is 0 Å². The van der Waals surface area contributed by atoms with Crippen LogP contribution in [0.5, 0.6) is 0 Å². The van der Waals surface area contributed by atoms with Gasteiger partial charge in [-0.25, -0.2) is 0 Å². The van der Waals surface area contributed by atoms with Crippen molar-refractivity contribution >= 4 is 0 Å². The first-order chi connectivity index (χ1) is 6.95. The van der Waals surface area contributed by atoms with Gasteiger partial charge in [0.2, 0.25) is 0 Å². The lowest BCUT2D eigenvalue weighted by atomic mass is 10.1. The Labute approximate surface area is 84.7 Å². The van der Waals surface area contributed by atoms with Gasteiger partial charge in [-0.15, -0.1) is 0 Å². The van der Waals surface area contributed by atoms with Gasteiger partial charge in [0, 0.05) is 30.4 Å². The molecule has 1 atom stereocenters. The minimum absolute atomic E-state index is 0.610. The molecule has 14 heavy (non-hydrogen) atoms. The molecule has 0 unspecified atom stereocenters. The van der Waals surface area contributed by atoms with Crippen LogP contribution in [-0.4, -0.2) is 17.6 Å². The maximum atomic E-state index is 4.02. The second kappa shape index (κ2) is 4.78. The number of pyridine rings is 1. The van der Waals surface area contributed by atoms with Gasteiger partial charge in [0.05, 0.1) is 0 Å². The lowest BCUT2D eigenvalue weighted by Crippen LogP contribution is -2.20. The molecule has 1 fully saturated rings. The van der Waals surface area contributed by atoms with Crippen LogP contribution >= 0.6 is 0 Å². The van der Waals surface area contributed by atoms with Crippen LogP contribution in [0.3, 0.4) is 0 Å². The van der Waals surface area contributed by atoms with E-state index in [-0.39, 0.29) is 0 Å². The topological polar surface area (TPSA) is 24.9 Å². The van der Waals surface area contributed by atoms with E-state index < -0.39 is 0 Å². The van der Waals surface area contributed by atoms with Crippen LogP contribution in [0.1, 0.15) is 24.8 Å². The van der Waals surface area contributed by atoms with E-state index in [2.05, 4.69) is 22.1 Å². The second-order valence-electron chi connectivity index (χ2n) is 3.54. The van der Waals surface area contributed by atoms with Gasteiger partial charge < -0.3 is 5.32 Å². The highest BCUT2D eigenvalue weighted by Crippen LogP contribution is 2.07. The molecule has 0 radical (unpaired) electrons. The SMILES string of the molecule is C(#Cc1cccnc1)C[C@@H]1CCCN1. The predicted molar refractivity (Wildman–Crippen MR) is 56.8 cm³/mol. The van der Waals surface area contributed by atoms with Crippen LogP contribution in [0.2, 0.25) is 0 Å². The van der Waals surface area contributed by atoms with Crippen molar-refractivity contribution in [1.29, 1.82) is 0 Å². The maximum absolute atomic E-state index is 4.02. The normalized spacial score (nSPS) is 20.1. The van der Waals surface area contributed by atoms with Crippen LogP contribution in [-0.2, 0) is 0 Å². The van der Waals surface area contributed by atoms with Gasteiger partial charge in [0.25, 0.3) is 0 Å². The molecule has 0 aromatic carbocycles. The van der Waals surface area contributed by atoms with E-state index >= 15 is 0 Å². The van der Waals surface area contributed by atoms with Gasteiger partial charge in [-0.2, -0.15) is 0 Å². The standard InChI is InChI=1S/C12H14N2/c1(6-12-7-3-9-14-12)4-11-5-2-8-13-10-11/h2,5,8,10,12,14H,3,6-7,9H2/t12-/m1/s1. The fourth-order valence-corrected chi connectivity index (χ4v) is 1.64. The molecule has 1 aliphatic heterocycles. The molecule has 1 saturated heterocycles. The first kappa shape index (κ1) is 9.23. The van der Waals surface area contributed by atoms with Crippen molar-refractivity contribution in [3.05, 3.63) is 30.1 Å². The summed E-state index contributed by atoms with van der Waals surface area (Å²) >= 11 is 0. The van der Waals surface area contributed by atoms with E-state index in [1.807, 2.05) is 12.1 Å². The van der Waals surface area contributed by atoms with Crippen molar-refractivity contribution in [3.63, 3.8) is 0 Å². The molecule has 72 valence electrons. The number of nitrogens with zero attached hydrogens (tertiary/aromatic N) is 1. The molecule has 0 saturated carbocycles.